The van der Waals surface area contributed by atoms with Gasteiger partial charge in [0.05, 0.1) is 5.92 Å². The molecule has 2 atom stereocenters. The molecule has 1 aliphatic heterocycles. The van der Waals surface area contributed by atoms with E-state index in [1.54, 1.807) is 0 Å². The van der Waals surface area contributed by atoms with Crippen molar-refractivity contribution in [1.82, 2.24) is 10.2 Å². The van der Waals surface area contributed by atoms with Gasteiger partial charge in [-0.05, 0) is 25.8 Å². The van der Waals surface area contributed by atoms with E-state index in [2.05, 4.69) is 17.1 Å². The smallest absolute Gasteiger partial charge is 0.307 e. The van der Waals surface area contributed by atoms with Crippen LogP contribution < -0.4 is 5.32 Å². The van der Waals surface area contributed by atoms with Crippen molar-refractivity contribution in [1.29, 1.82) is 0 Å². The number of hydrogen-bond acceptors (Lipinski definition) is 3. The molecule has 0 bridgehead atoms. The van der Waals surface area contributed by atoms with Crippen molar-refractivity contribution in [2.24, 2.45) is 5.92 Å². The minimum absolute atomic E-state index is 0.182. The van der Waals surface area contributed by atoms with Crippen LogP contribution in [0.2, 0.25) is 0 Å². The van der Waals surface area contributed by atoms with Gasteiger partial charge in [0, 0.05) is 25.2 Å². The summed E-state index contributed by atoms with van der Waals surface area (Å²) in [5.41, 5.74) is 0. The standard InChI is InChI=1S/C12H22N2O2/c1-2-13-10-6-9(12(15)16)7-14(8-10)11-4-3-5-11/h9-11,13H,2-8H2,1H3,(H,15,16). The van der Waals surface area contributed by atoms with Gasteiger partial charge in [0.25, 0.3) is 0 Å². The van der Waals surface area contributed by atoms with Crippen LogP contribution in [-0.2, 0) is 4.79 Å². The summed E-state index contributed by atoms with van der Waals surface area (Å²) in [5.74, 6) is -0.815. The number of piperidine rings is 1. The van der Waals surface area contributed by atoms with Crippen LogP contribution in [0.15, 0.2) is 0 Å². The van der Waals surface area contributed by atoms with Gasteiger partial charge in [-0.2, -0.15) is 0 Å². The van der Waals surface area contributed by atoms with Crippen LogP contribution in [0.1, 0.15) is 32.6 Å². The average Bonchev–Trinajstić information content (AvgIpc) is 2.15. The van der Waals surface area contributed by atoms with E-state index in [-0.39, 0.29) is 5.92 Å². The highest BCUT2D eigenvalue weighted by Gasteiger charge is 2.35. The summed E-state index contributed by atoms with van der Waals surface area (Å²) < 4.78 is 0. The quantitative estimate of drug-likeness (QED) is 0.748. The van der Waals surface area contributed by atoms with Crippen LogP contribution >= 0.6 is 0 Å². The Hall–Kier alpha value is -0.610. The van der Waals surface area contributed by atoms with E-state index in [9.17, 15) is 4.79 Å². The predicted molar refractivity (Wildman–Crippen MR) is 62.4 cm³/mol. The zero-order chi connectivity index (χ0) is 11.5. The molecule has 1 saturated heterocycles. The number of likely N-dealkylation sites (N-methyl/N-ethyl adjacent to an activating group) is 1. The summed E-state index contributed by atoms with van der Waals surface area (Å²) in [5, 5.41) is 12.6. The fraction of sp³-hybridized carbons (Fsp3) is 0.917. The third kappa shape index (κ3) is 2.55. The maximum Gasteiger partial charge on any atom is 0.307 e. The third-order valence-corrected chi connectivity index (χ3v) is 3.91. The number of likely N-dealkylation sites (tertiary alicyclic amines) is 1. The van der Waals surface area contributed by atoms with Gasteiger partial charge in [-0.1, -0.05) is 13.3 Å². The molecule has 16 heavy (non-hydrogen) atoms. The maximum absolute atomic E-state index is 11.1. The first-order valence-electron chi connectivity index (χ1n) is 6.41. The van der Waals surface area contributed by atoms with Gasteiger partial charge < -0.3 is 10.4 Å². The van der Waals surface area contributed by atoms with Crippen molar-refractivity contribution in [3.63, 3.8) is 0 Å². The van der Waals surface area contributed by atoms with E-state index < -0.39 is 5.97 Å². The first kappa shape index (κ1) is 11.9. The van der Waals surface area contributed by atoms with E-state index in [1.807, 2.05) is 0 Å². The fourth-order valence-electron chi connectivity index (χ4n) is 2.80. The molecule has 0 radical (unpaired) electrons. The van der Waals surface area contributed by atoms with Crippen LogP contribution in [-0.4, -0.2) is 47.7 Å². The lowest BCUT2D eigenvalue weighted by Gasteiger charge is -2.44. The molecule has 4 nitrogen and oxygen atoms in total. The minimum atomic E-state index is -0.632. The molecule has 4 heteroatoms. The topological polar surface area (TPSA) is 52.6 Å². The average molecular weight is 226 g/mol. The Kier molecular flexibility index (Phi) is 3.82. The number of carboxylic acid groups (broad SMARTS) is 1. The number of hydrogen-bond donors (Lipinski definition) is 2. The molecule has 0 spiro atoms. The van der Waals surface area contributed by atoms with Crippen LogP contribution in [0.5, 0.6) is 0 Å². The second-order valence-corrected chi connectivity index (χ2v) is 5.06. The Bertz CT molecular complexity index is 253. The number of carbonyl (C=O) groups is 1. The summed E-state index contributed by atoms with van der Waals surface area (Å²) in [6, 6.07) is 1.02. The molecule has 92 valence electrons. The van der Waals surface area contributed by atoms with E-state index in [0.29, 0.717) is 12.1 Å². The highest BCUT2D eigenvalue weighted by Crippen LogP contribution is 2.29. The maximum atomic E-state index is 11.1. The molecule has 0 aromatic heterocycles. The monoisotopic (exact) mass is 226 g/mol. The number of nitrogens with zero attached hydrogens (tertiary/aromatic N) is 1. The van der Waals surface area contributed by atoms with Gasteiger partial charge in [0.2, 0.25) is 0 Å². The Morgan fingerprint density at radius 1 is 1.44 bits per heavy atom. The Labute approximate surface area is 97.0 Å². The van der Waals surface area contributed by atoms with Crippen molar-refractivity contribution < 1.29 is 9.90 Å². The van der Waals surface area contributed by atoms with Gasteiger partial charge in [0.1, 0.15) is 0 Å². The lowest BCUT2D eigenvalue weighted by molar-refractivity contribution is -0.144. The minimum Gasteiger partial charge on any atom is -0.481 e. The predicted octanol–water partition coefficient (Wildman–Crippen LogP) is 0.923. The number of nitrogens with one attached hydrogen (secondary N) is 1. The van der Waals surface area contributed by atoms with Crippen LogP contribution in [0.25, 0.3) is 0 Å². The van der Waals surface area contributed by atoms with E-state index in [4.69, 9.17) is 5.11 Å². The highest BCUT2D eigenvalue weighted by molar-refractivity contribution is 5.70. The first-order chi connectivity index (χ1) is 7.70. The summed E-state index contributed by atoms with van der Waals surface area (Å²) in [7, 11) is 0. The number of carboxylic acids is 1. The van der Waals surface area contributed by atoms with Gasteiger partial charge in [-0.25, -0.2) is 0 Å². The van der Waals surface area contributed by atoms with Gasteiger partial charge in [-0.15, -0.1) is 0 Å². The van der Waals surface area contributed by atoms with E-state index in [1.165, 1.54) is 19.3 Å². The molecule has 0 amide bonds. The molecular weight excluding hydrogens is 204 g/mol. The lowest BCUT2D eigenvalue weighted by atomic mass is 9.86. The van der Waals surface area contributed by atoms with Crippen molar-refractivity contribution in [3.05, 3.63) is 0 Å². The number of rotatable bonds is 4. The van der Waals surface area contributed by atoms with E-state index in [0.717, 1.165) is 26.1 Å². The molecule has 2 unspecified atom stereocenters. The molecule has 1 saturated carbocycles. The number of aliphatic carboxylic acids is 1. The SMILES string of the molecule is CCNC1CC(C(=O)O)CN(C2CCC2)C1. The second-order valence-electron chi connectivity index (χ2n) is 5.06. The largest absolute Gasteiger partial charge is 0.481 e. The molecule has 2 rings (SSSR count). The van der Waals surface area contributed by atoms with Crippen molar-refractivity contribution in [2.45, 2.75) is 44.7 Å². The third-order valence-electron chi connectivity index (χ3n) is 3.91. The molecule has 2 aliphatic rings. The van der Waals surface area contributed by atoms with Gasteiger partial charge in [-0.3, -0.25) is 9.69 Å². The molecule has 2 fully saturated rings. The summed E-state index contributed by atoms with van der Waals surface area (Å²) >= 11 is 0. The Morgan fingerprint density at radius 3 is 2.69 bits per heavy atom. The summed E-state index contributed by atoms with van der Waals surface area (Å²) in [6.07, 6.45) is 4.60. The van der Waals surface area contributed by atoms with E-state index >= 15 is 0 Å². The molecule has 1 heterocycles. The van der Waals surface area contributed by atoms with Crippen molar-refractivity contribution >= 4 is 5.97 Å². The Balaban J connectivity index is 1.94. The second kappa shape index (κ2) is 5.15. The molecule has 0 aromatic carbocycles. The van der Waals surface area contributed by atoms with Crippen LogP contribution in [0.3, 0.4) is 0 Å². The summed E-state index contributed by atoms with van der Waals surface area (Å²) in [6.45, 7) is 4.79. The van der Waals surface area contributed by atoms with Crippen molar-refractivity contribution in [3.8, 4) is 0 Å². The zero-order valence-corrected chi connectivity index (χ0v) is 9.98. The van der Waals surface area contributed by atoms with Gasteiger partial charge in [0.15, 0.2) is 0 Å². The lowest BCUT2D eigenvalue weighted by Crippen LogP contribution is -2.55. The van der Waals surface area contributed by atoms with Crippen LogP contribution in [0, 0.1) is 5.92 Å². The zero-order valence-electron chi connectivity index (χ0n) is 9.98. The normalized spacial score (nSPS) is 32.3. The first-order valence-corrected chi connectivity index (χ1v) is 6.41. The molecule has 1 aliphatic carbocycles. The fourth-order valence-corrected chi connectivity index (χ4v) is 2.80. The molecule has 2 N–H and O–H groups in total. The molecular formula is C12H22N2O2. The highest BCUT2D eigenvalue weighted by atomic mass is 16.4. The Morgan fingerprint density at radius 2 is 2.19 bits per heavy atom. The molecule has 0 aromatic rings. The summed E-state index contributed by atoms with van der Waals surface area (Å²) in [4.78, 5) is 13.5. The van der Waals surface area contributed by atoms with Gasteiger partial charge >= 0.3 is 5.97 Å². The van der Waals surface area contributed by atoms with Crippen molar-refractivity contribution in [2.75, 3.05) is 19.6 Å². The van der Waals surface area contributed by atoms with Crippen LogP contribution in [0.4, 0.5) is 0 Å².